The third-order valence-corrected chi connectivity index (χ3v) is 5.96. The van der Waals surface area contributed by atoms with E-state index in [0.29, 0.717) is 37.8 Å². The van der Waals surface area contributed by atoms with Crippen molar-refractivity contribution in [1.82, 2.24) is 20.6 Å². The topological polar surface area (TPSA) is 99.2 Å². The molecule has 2 saturated heterocycles. The quantitative estimate of drug-likeness (QED) is 0.611. The molecule has 176 valence electrons. The molecule has 3 N–H and O–H groups in total. The number of hydrogen-bond donors (Lipinski definition) is 3. The smallest absolute Gasteiger partial charge is 0.355 e. The first-order chi connectivity index (χ1) is 15.8. The Morgan fingerprint density at radius 2 is 1.85 bits per heavy atom. The van der Waals surface area contributed by atoms with Gasteiger partial charge in [-0.15, -0.1) is 0 Å². The van der Waals surface area contributed by atoms with Gasteiger partial charge in [0, 0.05) is 38.3 Å². The van der Waals surface area contributed by atoms with Crippen molar-refractivity contribution in [3.8, 4) is 0 Å². The van der Waals surface area contributed by atoms with Crippen LogP contribution in [-0.2, 0) is 16.1 Å². The number of halogens is 3. The minimum Gasteiger partial charge on any atom is -0.355 e. The molecular formula is C22H25F3N6O2. The van der Waals surface area contributed by atoms with Crippen molar-refractivity contribution >= 4 is 29.1 Å². The molecule has 0 spiro atoms. The molecule has 1 atom stereocenters. The Kier molecular flexibility index (Phi) is 6.66. The highest BCUT2D eigenvalue weighted by molar-refractivity contribution is 5.89. The van der Waals surface area contributed by atoms with Crippen LogP contribution < -0.4 is 20.9 Å². The van der Waals surface area contributed by atoms with E-state index in [0.717, 1.165) is 11.3 Å². The second-order valence-corrected chi connectivity index (χ2v) is 8.31. The molecule has 4 rings (SSSR count). The van der Waals surface area contributed by atoms with Crippen LogP contribution in [0.3, 0.4) is 0 Å². The van der Waals surface area contributed by atoms with E-state index in [9.17, 15) is 22.8 Å². The zero-order valence-corrected chi connectivity index (χ0v) is 17.9. The lowest BCUT2D eigenvalue weighted by atomic mass is 9.96. The molecule has 1 aromatic carbocycles. The third-order valence-electron chi connectivity index (χ3n) is 5.96. The second kappa shape index (κ2) is 9.63. The van der Waals surface area contributed by atoms with E-state index < -0.39 is 12.1 Å². The Balaban J connectivity index is 1.25. The Morgan fingerprint density at radius 3 is 2.42 bits per heavy atom. The van der Waals surface area contributed by atoms with E-state index in [-0.39, 0.29) is 37.0 Å². The zero-order chi connectivity index (χ0) is 23.4. The highest BCUT2D eigenvalue weighted by atomic mass is 19.4. The molecule has 8 nitrogen and oxygen atoms in total. The van der Waals surface area contributed by atoms with Crippen LogP contribution in [0.5, 0.6) is 0 Å². The number of benzene rings is 1. The minimum absolute atomic E-state index is 0.0631. The second-order valence-electron chi connectivity index (χ2n) is 8.31. The summed E-state index contributed by atoms with van der Waals surface area (Å²) in [6.45, 7) is 1.34. The van der Waals surface area contributed by atoms with Gasteiger partial charge in [0.05, 0.1) is 24.2 Å². The number of aromatic nitrogens is 2. The lowest BCUT2D eigenvalue weighted by Crippen LogP contribution is -2.39. The largest absolute Gasteiger partial charge is 0.391 e. The first-order valence-electron chi connectivity index (χ1n) is 10.8. The minimum atomic E-state index is -4.14. The summed E-state index contributed by atoms with van der Waals surface area (Å²) in [6.07, 6.45) is -0.679. The van der Waals surface area contributed by atoms with Crippen LogP contribution >= 0.6 is 0 Å². The van der Waals surface area contributed by atoms with Gasteiger partial charge in [0.25, 0.3) is 0 Å². The summed E-state index contributed by atoms with van der Waals surface area (Å²) in [7, 11) is 0. The van der Waals surface area contributed by atoms with Gasteiger partial charge in [-0.1, -0.05) is 12.1 Å². The molecule has 0 aliphatic carbocycles. The molecule has 0 bridgehead atoms. The van der Waals surface area contributed by atoms with Crippen LogP contribution in [0, 0.1) is 11.8 Å². The number of rotatable bonds is 6. The van der Waals surface area contributed by atoms with Crippen LogP contribution in [0.25, 0.3) is 0 Å². The number of carbonyl (C=O) groups excluding carboxylic acids is 2. The van der Waals surface area contributed by atoms with E-state index in [2.05, 4.69) is 25.9 Å². The molecule has 1 aromatic heterocycles. The Bertz CT molecular complexity index is 973. The predicted octanol–water partition coefficient (Wildman–Crippen LogP) is 2.75. The van der Waals surface area contributed by atoms with E-state index in [4.69, 9.17) is 0 Å². The van der Waals surface area contributed by atoms with Gasteiger partial charge in [0.2, 0.25) is 11.8 Å². The molecule has 2 aliphatic rings. The SMILES string of the molecule is O=C1CC(C(=O)NCc2ccc(Nc3cnc(N4CCC(C(F)(F)F)CC4)cn3)cc2)CN1. The number of amides is 2. The molecule has 0 radical (unpaired) electrons. The fraction of sp³-hybridized carbons (Fsp3) is 0.455. The van der Waals surface area contributed by atoms with E-state index in [1.807, 2.05) is 29.2 Å². The Hall–Kier alpha value is -3.37. The summed E-state index contributed by atoms with van der Waals surface area (Å²) in [5.41, 5.74) is 1.69. The number of alkyl halides is 3. The summed E-state index contributed by atoms with van der Waals surface area (Å²) in [4.78, 5) is 33.8. The predicted molar refractivity (Wildman–Crippen MR) is 116 cm³/mol. The molecule has 0 saturated carbocycles. The number of anilines is 3. The van der Waals surface area contributed by atoms with Gasteiger partial charge in [-0.25, -0.2) is 9.97 Å². The van der Waals surface area contributed by atoms with E-state index in [1.165, 1.54) is 0 Å². The molecular weight excluding hydrogens is 437 g/mol. The standard InChI is InChI=1S/C22H25F3N6O2/c23-22(24,25)16-5-7-31(8-6-16)19-13-26-18(12-27-19)30-17-3-1-14(2-4-17)10-29-21(33)15-9-20(32)28-11-15/h1-4,12-13,15-16H,5-11H2,(H,26,30)(H,28,32)(H,29,33). The van der Waals surface area contributed by atoms with Gasteiger partial charge >= 0.3 is 6.18 Å². The molecule has 2 fully saturated rings. The van der Waals surface area contributed by atoms with Crippen LogP contribution in [0.2, 0.25) is 0 Å². The Labute approximate surface area is 189 Å². The van der Waals surface area contributed by atoms with Crippen molar-refractivity contribution in [3.05, 3.63) is 42.2 Å². The van der Waals surface area contributed by atoms with Crippen LogP contribution in [0.1, 0.15) is 24.8 Å². The summed E-state index contributed by atoms with van der Waals surface area (Å²) < 4.78 is 38.5. The Morgan fingerprint density at radius 1 is 1.12 bits per heavy atom. The molecule has 1 unspecified atom stereocenters. The number of piperidine rings is 1. The first-order valence-corrected chi connectivity index (χ1v) is 10.8. The average Bonchev–Trinajstić information content (AvgIpc) is 3.25. The summed E-state index contributed by atoms with van der Waals surface area (Å²) >= 11 is 0. The van der Waals surface area contributed by atoms with Gasteiger partial charge in [-0.2, -0.15) is 13.2 Å². The summed E-state index contributed by atoms with van der Waals surface area (Å²) in [5.74, 6) is -0.741. The maximum Gasteiger partial charge on any atom is 0.391 e. The van der Waals surface area contributed by atoms with Crippen molar-refractivity contribution in [1.29, 1.82) is 0 Å². The number of hydrogen-bond acceptors (Lipinski definition) is 6. The summed E-state index contributed by atoms with van der Waals surface area (Å²) in [5, 5.41) is 8.61. The highest BCUT2D eigenvalue weighted by Crippen LogP contribution is 2.35. The first kappa shape index (κ1) is 22.8. The molecule has 2 amide bonds. The number of carbonyl (C=O) groups is 2. The van der Waals surface area contributed by atoms with Gasteiger partial charge < -0.3 is 20.9 Å². The molecule has 33 heavy (non-hydrogen) atoms. The maximum atomic E-state index is 12.8. The van der Waals surface area contributed by atoms with Crippen LogP contribution in [0.4, 0.5) is 30.5 Å². The molecule has 2 aromatic rings. The number of nitrogens with one attached hydrogen (secondary N) is 3. The maximum absolute atomic E-state index is 12.8. The summed E-state index contributed by atoms with van der Waals surface area (Å²) in [6, 6.07) is 7.43. The molecule has 2 aliphatic heterocycles. The normalized spacial score (nSPS) is 19.3. The zero-order valence-electron chi connectivity index (χ0n) is 17.9. The monoisotopic (exact) mass is 462 g/mol. The number of nitrogens with zero attached hydrogens (tertiary/aromatic N) is 3. The lowest BCUT2D eigenvalue weighted by molar-refractivity contribution is -0.179. The van der Waals surface area contributed by atoms with Crippen molar-refractivity contribution in [2.75, 3.05) is 29.9 Å². The van der Waals surface area contributed by atoms with Crippen LogP contribution in [0.15, 0.2) is 36.7 Å². The fourth-order valence-corrected chi connectivity index (χ4v) is 3.96. The third kappa shape index (κ3) is 5.91. The van der Waals surface area contributed by atoms with Crippen molar-refractivity contribution in [2.24, 2.45) is 11.8 Å². The lowest BCUT2D eigenvalue weighted by Gasteiger charge is -2.33. The van der Waals surface area contributed by atoms with Crippen molar-refractivity contribution < 1.29 is 22.8 Å². The average molecular weight is 462 g/mol. The fourth-order valence-electron chi connectivity index (χ4n) is 3.96. The van der Waals surface area contributed by atoms with E-state index >= 15 is 0 Å². The highest BCUT2D eigenvalue weighted by Gasteiger charge is 2.41. The van der Waals surface area contributed by atoms with Gasteiger partial charge in [-0.05, 0) is 30.5 Å². The van der Waals surface area contributed by atoms with Crippen molar-refractivity contribution in [2.45, 2.75) is 32.0 Å². The van der Waals surface area contributed by atoms with Gasteiger partial charge in [-0.3, -0.25) is 9.59 Å². The molecule has 11 heteroatoms. The van der Waals surface area contributed by atoms with Crippen molar-refractivity contribution in [3.63, 3.8) is 0 Å². The van der Waals surface area contributed by atoms with Gasteiger partial charge in [0.15, 0.2) is 0 Å². The molecule has 3 heterocycles. The van der Waals surface area contributed by atoms with Gasteiger partial charge in [0.1, 0.15) is 11.6 Å². The van der Waals surface area contributed by atoms with E-state index in [1.54, 1.807) is 12.4 Å². The van der Waals surface area contributed by atoms with Crippen LogP contribution in [-0.4, -0.2) is 47.6 Å².